The summed E-state index contributed by atoms with van der Waals surface area (Å²) >= 11 is 7.80. The van der Waals surface area contributed by atoms with Crippen molar-refractivity contribution < 1.29 is 19.0 Å². The Morgan fingerprint density at radius 2 is 1.81 bits per heavy atom. The van der Waals surface area contributed by atoms with E-state index < -0.39 is 0 Å². The Kier molecular flexibility index (Phi) is 8.72. The zero-order valence-electron chi connectivity index (χ0n) is 20.3. The van der Waals surface area contributed by atoms with Crippen LogP contribution in [0.3, 0.4) is 0 Å². The van der Waals surface area contributed by atoms with Crippen LogP contribution in [0.1, 0.15) is 30.5 Å². The third-order valence-electron chi connectivity index (χ3n) is 5.17. The summed E-state index contributed by atoms with van der Waals surface area (Å²) in [7, 11) is 0. The maximum absolute atomic E-state index is 12.6. The Morgan fingerprint density at radius 3 is 2.54 bits per heavy atom. The zero-order chi connectivity index (χ0) is 26.2. The third kappa shape index (κ3) is 6.64. The van der Waals surface area contributed by atoms with Crippen molar-refractivity contribution in [3.63, 3.8) is 0 Å². The van der Waals surface area contributed by atoms with Crippen molar-refractivity contribution in [3.05, 3.63) is 87.3 Å². The number of nitriles is 1. The first-order chi connectivity index (χ1) is 18.0. The molecule has 1 fully saturated rings. The van der Waals surface area contributed by atoms with Gasteiger partial charge in [0.1, 0.15) is 12.4 Å². The van der Waals surface area contributed by atoms with Crippen LogP contribution in [0.25, 0.3) is 6.08 Å². The van der Waals surface area contributed by atoms with Crippen LogP contribution in [0.2, 0.25) is 5.02 Å². The lowest BCUT2D eigenvalue weighted by molar-refractivity contribution is -0.115. The van der Waals surface area contributed by atoms with E-state index in [-0.39, 0.29) is 12.5 Å². The number of hydrogen-bond acceptors (Lipinski definition) is 7. The number of hydrogen-bond donors (Lipinski definition) is 1. The van der Waals surface area contributed by atoms with Gasteiger partial charge in [0.2, 0.25) is 0 Å². The SMILES string of the molecule is CCOc1ccc(N=C2NC(=O)/C(=C\c3cc(Cl)c(OCc4ccccc4C#N)c(OCC)c3)S2)cc1. The number of amidine groups is 1. The van der Waals surface area contributed by atoms with Gasteiger partial charge in [-0.3, -0.25) is 4.79 Å². The van der Waals surface area contributed by atoms with Crippen LogP contribution in [0.4, 0.5) is 5.69 Å². The molecule has 1 aliphatic rings. The highest BCUT2D eigenvalue weighted by Gasteiger charge is 2.24. The van der Waals surface area contributed by atoms with Gasteiger partial charge in [-0.15, -0.1) is 0 Å². The third-order valence-corrected chi connectivity index (χ3v) is 6.36. The van der Waals surface area contributed by atoms with E-state index >= 15 is 0 Å². The van der Waals surface area contributed by atoms with Gasteiger partial charge in [0, 0.05) is 5.56 Å². The van der Waals surface area contributed by atoms with Crippen LogP contribution in [0.5, 0.6) is 17.2 Å². The number of ether oxygens (including phenoxy) is 3. The fraction of sp³-hybridized carbons (Fsp3) is 0.179. The number of halogens is 1. The molecule has 0 bridgehead atoms. The first-order valence-electron chi connectivity index (χ1n) is 11.6. The molecule has 37 heavy (non-hydrogen) atoms. The summed E-state index contributed by atoms with van der Waals surface area (Å²) < 4.78 is 17.2. The Morgan fingerprint density at radius 1 is 1.05 bits per heavy atom. The quantitative estimate of drug-likeness (QED) is 0.316. The molecular weight excluding hydrogens is 510 g/mol. The molecular formula is C28H24ClN3O4S. The highest BCUT2D eigenvalue weighted by molar-refractivity contribution is 8.18. The molecule has 0 unspecified atom stereocenters. The van der Waals surface area contributed by atoms with Crippen molar-refractivity contribution in [2.24, 2.45) is 4.99 Å². The number of nitrogens with zero attached hydrogens (tertiary/aromatic N) is 2. The predicted molar refractivity (Wildman–Crippen MR) is 147 cm³/mol. The normalized spacial score (nSPS) is 14.9. The molecule has 0 aromatic heterocycles. The first-order valence-corrected chi connectivity index (χ1v) is 12.8. The number of thioether (sulfide) groups is 1. The maximum atomic E-state index is 12.6. The number of nitrogens with one attached hydrogen (secondary N) is 1. The molecule has 4 rings (SSSR count). The van der Waals surface area contributed by atoms with E-state index in [9.17, 15) is 10.1 Å². The molecule has 1 aliphatic heterocycles. The minimum atomic E-state index is -0.253. The minimum absolute atomic E-state index is 0.160. The number of aliphatic imine (C=N–C) groups is 1. The molecule has 0 atom stereocenters. The maximum Gasteiger partial charge on any atom is 0.264 e. The van der Waals surface area contributed by atoms with Crippen molar-refractivity contribution in [3.8, 4) is 23.3 Å². The van der Waals surface area contributed by atoms with Crippen LogP contribution >= 0.6 is 23.4 Å². The Bertz CT molecular complexity index is 1400. The fourth-order valence-electron chi connectivity index (χ4n) is 3.51. The second-order valence-electron chi connectivity index (χ2n) is 7.73. The number of amides is 1. The van der Waals surface area contributed by atoms with E-state index in [4.69, 9.17) is 25.8 Å². The summed E-state index contributed by atoms with van der Waals surface area (Å²) in [5, 5.41) is 12.9. The zero-order valence-corrected chi connectivity index (χ0v) is 21.9. The molecule has 0 spiro atoms. The first kappa shape index (κ1) is 26.1. The highest BCUT2D eigenvalue weighted by Crippen LogP contribution is 2.39. The van der Waals surface area contributed by atoms with E-state index in [1.807, 2.05) is 50.2 Å². The molecule has 3 aromatic carbocycles. The highest BCUT2D eigenvalue weighted by atomic mass is 35.5. The van der Waals surface area contributed by atoms with Crippen molar-refractivity contribution >= 4 is 46.2 Å². The van der Waals surface area contributed by atoms with Crippen LogP contribution < -0.4 is 19.5 Å². The monoisotopic (exact) mass is 533 g/mol. The summed E-state index contributed by atoms with van der Waals surface area (Å²) in [4.78, 5) is 17.6. The molecule has 9 heteroatoms. The van der Waals surface area contributed by atoms with E-state index in [1.165, 1.54) is 11.8 Å². The molecule has 0 aliphatic carbocycles. The predicted octanol–water partition coefficient (Wildman–Crippen LogP) is 6.48. The second-order valence-corrected chi connectivity index (χ2v) is 9.17. The molecule has 1 N–H and O–H groups in total. The van der Waals surface area contributed by atoms with Gasteiger partial charge in [-0.2, -0.15) is 5.26 Å². The van der Waals surface area contributed by atoms with Crippen molar-refractivity contribution in [1.29, 1.82) is 5.26 Å². The van der Waals surface area contributed by atoms with Crippen molar-refractivity contribution in [2.75, 3.05) is 13.2 Å². The largest absolute Gasteiger partial charge is 0.494 e. The summed E-state index contributed by atoms with van der Waals surface area (Å²) in [6.45, 7) is 4.93. The number of benzene rings is 3. The van der Waals surface area contributed by atoms with Gasteiger partial charge >= 0.3 is 0 Å². The van der Waals surface area contributed by atoms with Gasteiger partial charge < -0.3 is 19.5 Å². The van der Waals surface area contributed by atoms with Gasteiger partial charge in [-0.25, -0.2) is 4.99 Å². The Balaban J connectivity index is 1.53. The standard InChI is InChI=1S/C28H24ClN3O4S/c1-3-34-22-11-9-21(10-12-22)31-28-32-27(33)25(37-28)15-18-13-23(29)26(24(14-18)35-4-2)36-17-20-8-6-5-7-19(20)16-30/h5-15H,3-4,17H2,1-2H3,(H,31,32,33)/b25-15+. The lowest BCUT2D eigenvalue weighted by Crippen LogP contribution is -2.19. The molecule has 0 radical (unpaired) electrons. The lowest BCUT2D eigenvalue weighted by Gasteiger charge is -2.15. The Labute approximate surface area is 224 Å². The summed E-state index contributed by atoms with van der Waals surface area (Å²) in [6, 6.07) is 20.2. The van der Waals surface area contributed by atoms with Crippen molar-refractivity contribution in [2.45, 2.75) is 20.5 Å². The fourth-order valence-corrected chi connectivity index (χ4v) is 4.63. The van der Waals surface area contributed by atoms with Crippen LogP contribution in [0.15, 0.2) is 70.6 Å². The second kappa shape index (κ2) is 12.3. The summed E-state index contributed by atoms with van der Waals surface area (Å²) in [5.74, 6) is 1.33. The summed E-state index contributed by atoms with van der Waals surface area (Å²) in [6.07, 6.45) is 1.73. The molecule has 3 aromatic rings. The Hall–Kier alpha value is -3.93. The number of carbonyl (C=O) groups is 1. The van der Waals surface area contributed by atoms with E-state index in [0.29, 0.717) is 56.6 Å². The van der Waals surface area contributed by atoms with E-state index in [2.05, 4.69) is 16.4 Å². The van der Waals surface area contributed by atoms with Crippen molar-refractivity contribution in [1.82, 2.24) is 5.32 Å². The lowest BCUT2D eigenvalue weighted by atomic mass is 10.1. The van der Waals surface area contributed by atoms with Gasteiger partial charge in [-0.05, 0) is 79.7 Å². The van der Waals surface area contributed by atoms with Crippen LogP contribution in [-0.2, 0) is 11.4 Å². The smallest absolute Gasteiger partial charge is 0.264 e. The topological polar surface area (TPSA) is 92.9 Å². The number of carbonyl (C=O) groups excluding carboxylic acids is 1. The molecule has 1 saturated heterocycles. The van der Waals surface area contributed by atoms with Gasteiger partial charge in [-0.1, -0.05) is 29.8 Å². The average Bonchev–Trinajstić information content (AvgIpc) is 3.23. The molecule has 1 heterocycles. The minimum Gasteiger partial charge on any atom is -0.494 e. The van der Waals surface area contributed by atoms with Gasteiger partial charge in [0.25, 0.3) is 5.91 Å². The molecule has 188 valence electrons. The van der Waals surface area contributed by atoms with Crippen LogP contribution in [-0.4, -0.2) is 24.3 Å². The average molecular weight is 534 g/mol. The van der Waals surface area contributed by atoms with E-state index in [1.54, 1.807) is 30.3 Å². The number of rotatable bonds is 9. The van der Waals surface area contributed by atoms with Crippen LogP contribution in [0, 0.1) is 11.3 Å². The van der Waals surface area contributed by atoms with Gasteiger partial charge in [0.05, 0.1) is 40.5 Å². The molecule has 0 saturated carbocycles. The van der Waals surface area contributed by atoms with Gasteiger partial charge in [0.15, 0.2) is 16.7 Å². The molecule has 7 nitrogen and oxygen atoms in total. The van der Waals surface area contributed by atoms with E-state index in [0.717, 1.165) is 11.3 Å². The molecule has 1 amide bonds. The summed E-state index contributed by atoms with van der Waals surface area (Å²) in [5.41, 5.74) is 2.66.